The lowest BCUT2D eigenvalue weighted by atomic mass is 10.3. The highest BCUT2D eigenvalue weighted by Crippen LogP contribution is 2.15. The van der Waals surface area contributed by atoms with Crippen LogP contribution in [-0.2, 0) is 4.79 Å². The van der Waals surface area contributed by atoms with E-state index in [2.05, 4.69) is 0 Å². The molecular formula is C6H9ClFNO. The molecule has 1 unspecified atom stereocenters. The lowest BCUT2D eigenvalue weighted by Gasteiger charge is -2.15. The molecule has 4 heteroatoms. The third kappa shape index (κ3) is 1.67. The molecule has 2 nitrogen and oxygen atoms in total. The molecule has 0 aromatic rings. The van der Waals surface area contributed by atoms with Gasteiger partial charge in [-0.15, -0.1) is 0 Å². The molecule has 1 saturated heterocycles. The number of rotatable bonds is 2. The number of likely N-dealkylation sites (tertiary alicyclic amines) is 1. The van der Waals surface area contributed by atoms with Crippen LogP contribution < -0.4 is 0 Å². The van der Waals surface area contributed by atoms with Crippen LogP contribution >= 0.6 is 11.6 Å². The molecule has 2 atom stereocenters. The Balaban J connectivity index is 2.36. The first-order valence-electron chi connectivity index (χ1n) is 3.21. The van der Waals surface area contributed by atoms with E-state index in [-0.39, 0.29) is 0 Å². The fraction of sp³-hybridized carbons (Fsp3) is 0.833. The first-order chi connectivity index (χ1) is 4.74. The number of alkyl halides is 2. The maximum Gasteiger partial charge on any atom is 0.152 e. The van der Waals surface area contributed by atoms with Gasteiger partial charge in [-0.05, 0) is 6.42 Å². The number of aldehydes is 1. The van der Waals surface area contributed by atoms with Crippen LogP contribution in [0.4, 0.5) is 4.39 Å². The Bertz CT molecular complexity index is 133. The van der Waals surface area contributed by atoms with Gasteiger partial charge in [-0.25, -0.2) is 4.39 Å². The van der Waals surface area contributed by atoms with Gasteiger partial charge in [0.15, 0.2) is 6.29 Å². The van der Waals surface area contributed by atoms with E-state index in [9.17, 15) is 9.18 Å². The number of carbonyl (C=O) groups excluding carboxylic acids is 1. The van der Waals surface area contributed by atoms with E-state index < -0.39 is 11.7 Å². The van der Waals surface area contributed by atoms with Gasteiger partial charge in [0.05, 0.1) is 0 Å². The molecule has 1 rings (SSSR count). The average molecular weight is 166 g/mol. The quantitative estimate of drug-likeness (QED) is 0.343. The molecule has 10 heavy (non-hydrogen) atoms. The maximum atomic E-state index is 12.5. The Morgan fingerprint density at radius 2 is 2.50 bits per heavy atom. The summed E-state index contributed by atoms with van der Waals surface area (Å²) in [6.07, 6.45) is 0.317. The second kappa shape index (κ2) is 3.30. The molecule has 1 aliphatic heterocycles. The number of nitrogens with zero attached hydrogens (tertiary/aromatic N) is 1. The topological polar surface area (TPSA) is 20.3 Å². The Labute approximate surface area is 63.9 Å². The number of halogens is 2. The van der Waals surface area contributed by atoms with E-state index in [4.69, 9.17) is 11.6 Å². The van der Waals surface area contributed by atoms with Crippen molar-refractivity contribution in [1.29, 1.82) is 0 Å². The molecule has 0 bridgehead atoms. The van der Waals surface area contributed by atoms with Gasteiger partial charge >= 0.3 is 0 Å². The zero-order valence-corrected chi connectivity index (χ0v) is 6.22. The van der Waals surface area contributed by atoms with Crippen molar-refractivity contribution in [2.75, 3.05) is 13.1 Å². The molecule has 1 fully saturated rings. The first-order valence-corrected chi connectivity index (χ1v) is 3.65. The number of hydrogen-bond acceptors (Lipinski definition) is 2. The van der Waals surface area contributed by atoms with Crippen molar-refractivity contribution in [2.45, 2.75) is 18.1 Å². The van der Waals surface area contributed by atoms with E-state index >= 15 is 0 Å². The Morgan fingerprint density at radius 3 is 2.90 bits per heavy atom. The van der Waals surface area contributed by atoms with Crippen molar-refractivity contribution in [2.24, 2.45) is 0 Å². The zero-order chi connectivity index (χ0) is 7.56. The molecule has 1 heterocycles. The fourth-order valence-electron chi connectivity index (χ4n) is 1.05. The van der Waals surface area contributed by atoms with E-state index in [1.54, 1.807) is 4.90 Å². The molecule has 0 aromatic heterocycles. The largest absolute Gasteiger partial charge is 0.300 e. The summed E-state index contributed by atoms with van der Waals surface area (Å²) in [4.78, 5) is 11.7. The molecule has 0 saturated carbocycles. The third-order valence-corrected chi connectivity index (χ3v) is 2.00. The monoisotopic (exact) mass is 165 g/mol. The summed E-state index contributed by atoms with van der Waals surface area (Å²) in [5.41, 5.74) is -0.638. The van der Waals surface area contributed by atoms with Crippen molar-refractivity contribution in [1.82, 2.24) is 4.90 Å². The van der Waals surface area contributed by atoms with Crippen molar-refractivity contribution in [3.8, 4) is 0 Å². The van der Waals surface area contributed by atoms with Crippen molar-refractivity contribution in [3.63, 3.8) is 0 Å². The maximum absolute atomic E-state index is 12.5. The van der Waals surface area contributed by atoms with Gasteiger partial charge < -0.3 is 4.79 Å². The van der Waals surface area contributed by atoms with Gasteiger partial charge in [0, 0.05) is 13.1 Å². The second-order valence-corrected chi connectivity index (χ2v) is 2.84. The van der Waals surface area contributed by atoms with E-state index in [0.29, 0.717) is 25.8 Å². The Kier molecular flexibility index (Phi) is 2.63. The molecule has 0 aliphatic carbocycles. The van der Waals surface area contributed by atoms with Crippen LogP contribution in [0.25, 0.3) is 0 Å². The number of carbonyl (C=O) groups is 1. The Hall–Kier alpha value is -0.150. The summed E-state index contributed by atoms with van der Waals surface area (Å²) < 4.78 is 12.5. The number of hydrogen-bond donors (Lipinski definition) is 0. The second-order valence-electron chi connectivity index (χ2n) is 2.39. The minimum absolute atomic E-state index is 0.299. The lowest BCUT2D eigenvalue weighted by Crippen LogP contribution is -2.30. The minimum Gasteiger partial charge on any atom is -0.300 e. The first kappa shape index (κ1) is 7.95. The summed E-state index contributed by atoms with van der Waals surface area (Å²) in [5.74, 6) is 0. The molecule has 0 spiro atoms. The van der Waals surface area contributed by atoms with Crippen LogP contribution in [-0.4, -0.2) is 35.9 Å². The van der Waals surface area contributed by atoms with Crippen LogP contribution in [0.2, 0.25) is 0 Å². The molecule has 1 aliphatic rings. The van der Waals surface area contributed by atoms with Crippen molar-refractivity contribution in [3.05, 3.63) is 0 Å². The van der Waals surface area contributed by atoms with Gasteiger partial charge in [-0.1, -0.05) is 11.6 Å². The molecule has 0 N–H and O–H groups in total. The van der Waals surface area contributed by atoms with Gasteiger partial charge in [0.2, 0.25) is 0 Å². The van der Waals surface area contributed by atoms with Crippen LogP contribution in [0, 0.1) is 0 Å². The van der Waals surface area contributed by atoms with Gasteiger partial charge in [0.25, 0.3) is 0 Å². The predicted molar refractivity (Wildman–Crippen MR) is 36.8 cm³/mol. The highest BCUT2D eigenvalue weighted by atomic mass is 35.5. The average Bonchev–Trinajstić information content (AvgIpc) is 2.34. The van der Waals surface area contributed by atoms with Crippen LogP contribution in [0.1, 0.15) is 6.42 Å². The summed E-state index contributed by atoms with van der Waals surface area (Å²) in [6, 6.07) is 0. The minimum atomic E-state index is -0.804. The third-order valence-electron chi connectivity index (χ3n) is 1.62. The molecule has 0 radical (unpaired) electrons. The van der Waals surface area contributed by atoms with E-state index in [1.165, 1.54) is 0 Å². The van der Waals surface area contributed by atoms with Gasteiger partial charge in [0.1, 0.15) is 11.7 Å². The van der Waals surface area contributed by atoms with Crippen molar-refractivity contribution < 1.29 is 9.18 Å². The van der Waals surface area contributed by atoms with E-state index in [0.717, 1.165) is 0 Å². The standard InChI is InChI=1S/C6H9ClFNO/c7-6(4-10)9-2-1-5(8)3-9/h4-6H,1-3H2/t5-,6?/m0/s1. The molecular weight excluding hydrogens is 157 g/mol. The summed E-state index contributed by atoms with van der Waals surface area (Å²) in [5, 5.41) is 0. The predicted octanol–water partition coefficient (Wildman–Crippen LogP) is 0.794. The smallest absolute Gasteiger partial charge is 0.152 e. The lowest BCUT2D eigenvalue weighted by molar-refractivity contribution is -0.109. The van der Waals surface area contributed by atoms with Gasteiger partial charge in [-0.2, -0.15) is 0 Å². The SMILES string of the molecule is O=CC(Cl)N1CC[C@H](F)C1. The molecule has 0 amide bonds. The summed E-state index contributed by atoms with van der Waals surface area (Å²) in [7, 11) is 0. The van der Waals surface area contributed by atoms with Gasteiger partial charge in [-0.3, -0.25) is 4.90 Å². The molecule has 0 aromatic carbocycles. The normalized spacial score (nSPS) is 30.4. The zero-order valence-electron chi connectivity index (χ0n) is 5.46. The highest BCUT2D eigenvalue weighted by molar-refractivity contribution is 6.27. The van der Waals surface area contributed by atoms with Crippen LogP contribution in [0.5, 0.6) is 0 Å². The highest BCUT2D eigenvalue weighted by Gasteiger charge is 2.26. The Morgan fingerprint density at radius 1 is 1.80 bits per heavy atom. The molecule has 58 valence electrons. The van der Waals surface area contributed by atoms with Crippen molar-refractivity contribution >= 4 is 17.9 Å². The fourth-order valence-corrected chi connectivity index (χ4v) is 1.23. The summed E-state index contributed by atoms with van der Waals surface area (Å²) >= 11 is 5.53. The summed E-state index contributed by atoms with van der Waals surface area (Å²) in [6.45, 7) is 0.890. The van der Waals surface area contributed by atoms with E-state index in [1.807, 2.05) is 0 Å². The van der Waals surface area contributed by atoms with Crippen LogP contribution in [0.15, 0.2) is 0 Å². The van der Waals surface area contributed by atoms with Crippen LogP contribution in [0.3, 0.4) is 0 Å².